The van der Waals surface area contributed by atoms with Gasteiger partial charge in [-0.05, 0) is 85.8 Å². The van der Waals surface area contributed by atoms with Gasteiger partial charge in [0.25, 0.3) is 5.78 Å². The van der Waals surface area contributed by atoms with Gasteiger partial charge in [-0.2, -0.15) is 0 Å². The zero-order valence-electron chi connectivity index (χ0n) is 23.1. The number of carbonyl (C=O) groups excluding carboxylic acids is 2. The molecule has 0 spiro atoms. The number of hydrogen-bond donors (Lipinski definition) is 1. The van der Waals surface area contributed by atoms with Crippen LogP contribution in [0.4, 0.5) is 5.13 Å². The topological polar surface area (TPSA) is 89.0 Å². The molecule has 1 N–H and O–H groups in total. The highest BCUT2D eigenvalue weighted by molar-refractivity contribution is 7.22. The zero-order valence-corrected chi connectivity index (χ0v) is 23.9. The van der Waals surface area contributed by atoms with Crippen molar-refractivity contribution in [2.24, 2.45) is 0 Å². The normalized spacial score (nSPS) is 16.6. The molecule has 1 aromatic heterocycles. The highest BCUT2D eigenvalue weighted by Crippen LogP contribution is 2.45. The maximum atomic E-state index is 13.6. The van der Waals surface area contributed by atoms with Crippen molar-refractivity contribution in [3.8, 4) is 11.5 Å². The highest BCUT2D eigenvalue weighted by Gasteiger charge is 2.48. The molecule has 1 unspecified atom stereocenters. The Morgan fingerprint density at radius 2 is 1.65 bits per heavy atom. The molecule has 1 aliphatic heterocycles. The predicted octanol–water partition coefficient (Wildman–Crippen LogP) is 7.12. The van der Waals surface area contributed by atoms with Crippen LogP contribution in [0.15, 0.2) is 66.2 Å². The molecule has 5 rings (SSSR count). The molecule has 1 saturated heterocycles. The number of Topliss-reactive ketones (excluding diaryl/α,β-unsaturated/α-hetero) is 1. The molecular weight excluding hydrogens is 524 g/mol. The number of aliphatic hydroxyl groups excluding tert-OH is 1. The Labute approximate surface area is 237 Å². The number of anilines is 1. The van der Waals surface area contributed by atoms with Gasteiger partial charge in [0.2, 0.25) is 0 Å². The van der Waals surface area contributed by atoms with E-state index in [1.54, 1.807) is 24.3 Å². The summed E-state index contributed by atoms with van der Waals surface area (Å²) in [6, 6.07) is 17.4. The summed E-state index contributed by atoms with van der Waals surface area (Å²) in [5, 5.41) is 11.9. The van der Waals surface area contributed by atoms with Crippen LogP contribution in [0.25, 0.3) is 16.0 Å². The quantitative estimate of drug-likeness (QED) is 0.134. The molecule has 0 saturated carbocycles. The molecule has 2 heterocycles. The number of nitrogens with zero attached hydrogens (tertiary/aromatic N) is 2. The molecule has 40 heavy (non-hydrogen) atoms. The second kappa shape index (κ2) is 11.5. The van der Waals surface area contributed by atoms with Crippen molar-refractivity contribution in [2.45, 2.75) is 46.6 Å². The van der Waals surface area contributed by atoms with Crippen LogP contribution in [0.1, 0.15) is 55.0 Å². The fourth-order valence-corrected chi connectivity index (χ4v) is 6.05. The van der Waals surface area contributed by atoms with E-state index in [0.29, 0.717) is 41.0 Å². The molecule has 1 atom stereocenters. The first-order chi connectivity index (χ1) is 19.3. The van der Waals surface area contributed by atoms with Crippen molar-refractivity contribution in [3.05, 3.63) is 88.5 Å². The molecule has 7 nitrogen and oxygen atoms in total. The van der Waals surface area contributed by atoms with Crippen molar-refractivity contribution in [1.82, 2.24) is 4.98 Å². The summed E-state index contributed by atoms with van der Waals surface area (Å²) in [5.41, 5.74) is 3.93. The molecule has 8 heteroatoms. The lowest BCUT2D eigenvalue weighted by molar-refractivity contribution is -0.132. The fourth-order valence-electron chi connectivity index (χ4n) is 4.89. The first-order valence-corrected chi connectivity index (χ1v) is 14.3. The Morgan fingerprint density at radius 1 is 0.950 bits per heavy atom. The Balaban J connectivity index is 1.66. The lowest BCUT2D eigenvalue weighted by Crippen LogP contribution is -2.29. The van der Waals surface area contributed by atoms with Crippen LogP contribution in [0.5, 0.6) is 11.5 Å². The summed E-state index contributed by atoms with van der Waals surface area (Å²) >= 11 is 1.35. The average molecular weight is 557 g/mol. The van der Waals surface area contributed by atoms with Crippen LogP contribution < -0.4 is 14.4 Å². The molecule has 0 radical (unpaired) electrons. The number of ether oxygens (including phenoxy) is 2. The first kappa shape index (κ1) is 27.4. The average Bonchev–Trinajstić information content (AvgIpc) is 3.49. The third-order valence-corrected chi connectivity index (χ3v) is 7.72. The van der Waals surface area contributed by atoms with Crippen LogP contribution in [-0.4, -0.2) is 35.0 Å². The molecule has 1 amide bonds. The molecule has 1 fully saturated rings. The van der Waals surface area contributed by atoms with Crippen molar-refractivity contribution >= 4 is 44.1 Å². The summed E-state index contributed by atoms with van der Waals surface area (Å²) in [5.74, 6) is -0.459. The Hall–Kier alpha value is -4.17. The first-order valence-electron chi connectivity index (χ1n) is 13.5. The Bertz CT molecular complexity index is 1610. The minimum Gasteiger partial charge on any atom is -0.507 e. The van der Waals surface area contributed by atoms with E-state index in [-0.39, 0.29) is 11.3 Å². The summed E-state index contributed by atoms with van der Waals surface area (Å²) < 4.78 is 12.4. The lowest BCUT2D eigenvalue weighted by atomic mass is 9.95. The van der Waals surface area contributed by atoms with Crippen LogP contribution in [0.3, 0.4) is 0 Å². The molecule has 0 bridgehead atoms. The number of carbonyl (C=O) groups is 2. The monoisotopic (exact) mass is 556 g/mol. The number of rotatable bonds is 9. The minimum atomic E-state index is -0.886. The van der Waals surface area contributed by atoms with Gasteiger partial charge in [-0.1, -0.05) is 43.4 Å². The summed E-state index contributed by atoms with van der Waals surface area (Å²) in [7, 11) is 0. The van der Waals surface area contributed by atoms with Gasteiger partial charge in [-0.15, -0.1) is 0 Å². The van der Waals surface area contributed by atoms with Crippen molar-refractivity contribution in [1.29, 1.82) is 0 Å². The standard InChI is InChI=1S/C32H32N2O5S/c1-5-14-38-23-12-10-21(11-13-23)29(35)26-28(22-8-7-9-24(18-22)39-15-6-2)34(31(37)30(26)36)32-33-27-20(4)16-19(3)17-25(27)40-32/h7-13,16-18,28,35H,5-6,14-15H2,1-4H3/b29-26+. The van der Waals surface area contributed by atoms with E-state index < -0.39 is 17.7 Å². The summed E-state index contributed by atoms with van der Waals surface area (Å²) in [6.45, 7) is 9.15. The van der Waals surface area contributed by atoms with Gasteiger partial charge in [0.15, 0.2) is 5.13 Å². The van der Waals surface area contributed by atoms with Gasteiger partial charge in [-0.3, -0.25) is 14.5 Å². The number of amides is 1. The van der Waals surface area contributed by atoms with E-state index in [9.17, 15) is 14.7 Å². The largest absolute Gasteiger partial charge is 0.507 e. The van der Waals surface area contributed by atoms with Crippen molar-refractivity contribution < 1.29 is 24.2 Å². The van der Waals surface area contributed by atoms with Crippen LogP contribution in [-0.2, 0) is 9.59 Å². The van der Waals surface area contributed by atoms with Crippen molar-refractivity contribution in [3.63, 3.8) is 0 Å². The highest BCUT2D eigenvalue weighted by atomic mass is 32.1. The smallest absolute Gasteiger partial charge is 0.301 e. The van der Waals surface area contributed by atoms with Crippen LogP contribution >= 0.6 is 11.3 Å². The molecule has 4 aromatic rings. The van der Waals surface area contributed by atoms with Crippen LogP contribution in [0, 0.1) is 13.8 Å². The van der Waals surface area contributed by atoms with E-state index in [4.69, 9.17) is 14.5 Å². The molecule has 206 valence electrons. The van der Waals surface area contributed by atoms with E-state index >= 15 is 0 Å². The summed E-state index contributed by atoms with van der Waals surface area (Å²) in [6.07, 6.45) is 1.71. The lowest BCUT2D eigenvalue weighted by Gasteiger charge is -2.23. The third kappa shape index (κ3) is 5.19. The third-order valence-electron chi connectivity index (χ3n) is 6.72. The fraction of sp³-hybridized carbons (Fsp3) is 0.281. The predicted molar refractivity (Wildman–Crippen MR) is 158 cm³/mol. The second-order valence-electron chi connectivity index (χ2n) is 9.89. The van der Waals surface area contributed by atoms with Gasteiger partial charge in [0.1, 0.15) is 17.3 Å². The van der Waals surface area contributed by atoms with E-state index in [2.05, 4.69) is 0 Å². The maximum Gasteiger partial charge on any atom is 0.301 e. The number of fused-ring (bicyclic) bond motifs is 1. The van der Waals surface area contributed by atoms with Gasteiger partial charge < -0.3 is 14.6 Å². The maximum absolute atomic E-state index is 13.6. The molecular formula is C32H32N2O5S. The number of thiazole rings is 1. The second-order valence-corrected chi connectivity index (χ2v) is 10.9. The molecule has 1 aliphatic rings. The number of aromatic nitrogens is 1. The van der Waals surface area contributed by atoms with Gasteiger partial charge in [-0.25, -0.2) is 4.98 Å². The Kier molecular flexibility index (Phi) is 7.89. The Morgan fingerprint density at radius 3 is 2.35 bits per heavy atom. The number of aliphatic hydroxyl groups is 1. The van der Waals surface area contributed by atoms with Crippen LogP contribution in [0.2, 0.25) is 0 Å². The number of aryl methyl sites for hydroxylation is 2. The van der Waals surface area contributed by atoms with Gasteiger partial charge in [0.05, 0.1) is 35.0 Å². The van der Waals surface area contributed by atoms with Crippen molar-refractivity contribution in [2.75, 3.05) is 18.1 Å². The van der Waals surface area contributed by atoms with E-state index in [0.717, 1.165) is 34.2 Å². The minimum absolute atomic E-state index is 0.00651. The molecule has 3 aromatic carbocycles. The zero-order chi connectivity index (χ0) is 28.4. The van der Waals surface area contributed by atoms with Gasteiger partial charge in [0, 0.05) is 5.56 Å². The number of benzene rings is 3. The molecule has 0 aliphatic carbocycles. The van der Waals surface area contributed by atoms with E-state index in [1.807, 2.05) is 64.1 Å². The SMILES string of the molecule is CCCOc1ccc(/C(O)=C2\C(=O)C(=O)N(c3nc4c(C)cc(C)cc4s3)C2c2cccc(OCCC)c2)cc1. The summed E-state index contributed by atoms with van der Waals surface area (Å²) in [4.78, 5) is 33.4. The van der Waals surface area contributed by atoms with E-state index in [1.165, 1.54) is 16.2 Å². The van der Waals surface area contributed by atoms with Gasteiger partial charge >= 0.3 is 5.91 Å². The number of ketones is 1. The number of hydrogen-bond acceptors (Lipinski definition) is 7.